The maximum absolute atomic E-state index is 5.87. The number of hydrogen-bond acceptors (Lipinski definition) is 3. The minimum atomic E-state index is 0.262. The van der Waals surface area contributed by atoms with Crippen LogP contribution in [-0.2, 0) is 4.74 Å². The Morgan fingerprint density at radius 2 is 2.20 bits per heavy atom. The average molecular weight is 277 g/mol. The van der Waals surface area contributed by atoms with Crippen molar-refractivity contribution in [2.24, 2.45) is 0 Å². The van der Waals surface area contributed by atoms with Crippen LogP contribution in [0, 0.1) is 0 Å². The highest BCUT2D eigenvalue weighted by Crippen LogP contribution is 2.26. The molecular formula is C17H27NO2. The van der Waals surface area contributed by atoms with Crippen molar-refractivity contribution >= 4 is 5.69 Å². The molecular weight excluding hydrogens is 250 g/mol. The van der Waals surface area contributed by atoms with E-state index in [9.17, 15) is 0 Å². The first-order valence-electron chi connectivity index (χ1n) is 7.77. The number of benzene rings is 1. The van der Waals surface area contributed by atoms with Crippen LogP contribution >= 0.6 is 0 Å². The molecule has 1 aromatic carbocycles. The minimum Gasteiger partial charge on any atom is -0.491 e. The lowest BCUT2D eigenvalue weighted by Crippen LogP contribution is -2.30. The van der Waals surface area contributed by atoms with Gasteiger partial charge in [0.1, 0.15) is 5.75 Å². The molecule has 1 aromatic rings. The number of methoxy groups -OCH3 is 1. The van der Waals surface area contributed by atoms with Crippen LogP contribution in [0.1, 0.15) is 46.0 Å². The molecule has 0 bridgehead atoms. The topological polar surface area (TPSA) is 30.5 Å². The monoisotopic (exact) mass is 277 g/mol. The summed E-state index contributed by atoms with van der Waals surface area (Å²) in [6, 6.07) is 8.79. The van der Waals surface area contributed by atoms with E-state index in [4.69, 9.17) is 9.47 Å². The van der Waals surface area contributed by atoms with Crippen molar-refractivity contribution in [3.8, 4) is 5.75 Å². The van der Waals surface area contributed by atoms with E-state index in [1.165, 1.54) is 19.3 Å². The molecule has 1 saturated carbocycles. The third-order valence-corrected chi connectivity index (χ3v) is 4.08. The van der Waals surface area contributed by atoms with E-state index >= 15 is 0 Å². The maximum Gasteiger partial charge on any atom is 0.121 e. The van der Waals surface area contributed by atoms with Gasteiger partial charge in [-0.05, 0) is 51.2 Å². The maximum atomic E-state index is 5.87. The Bertz CT molecular complexity index is 408. The van der Waals surface area contributed by atoms with Gasteiger partial charge in [-0.2, -0.15) is 0 Å². The van der Waals surface area contributed by atoms with Crippen LogP contribution in [0.2, 0.25) is 0 Å². The lowest BCUT2D eigenvalue weighted by molar-refractivity contribution is 0.0669. The van der Waals surface area contributed by atoms with Gasteiger partial charge in [0.15, 0.2) is 0 Å². The Hall–Kier alpha value is -1.22. The van der Waals surface area contributed by atoms with Gasteiger partial charge >= 0.3 is 0 Å². The first kappa shape index (κ1) is 15.2. The molecule has 0 saturated heterocycles. The van der Waals surface area contributed by atoms with Crippen LogP contribution in [0.4, 0.5) is 5.69 Å². The molecule has 3 atom stereocenters. The summed E-state index contributed by atoms with van der Waals surface area (Å²) < 4.78 is 11.4. The van der Waals surface area contributed by atoms with Crippen LogP contribution in [0.25, 0.3) is 0 Å². The molecule has 3 unspecified atom stereocenters. The molecule has 0 spiro atoms. The van der Waals surface area contributed by atoms with Gasteiger partial charge in [-0.25, -0.2) is 0 Å². The van der Waals surface area contributed by atoms with Crippen molar-refractivity contribution in [3.63, 3.8) is 0 Å². The van der Waals surface area contributed by atoms with Crippen molar-refractivity contribution in [2.75, 3.05) is 12.4 Å². The van der Waals surface area contributed by atoms with Crippen molar-refractivity contribution in [2.45, 2.75) is 64.2 Å². The summed E-state index contributed by atoms with van der Waals surface area (Å²) in [5.74, 6) is 0.948. The van der Waals surface area contributed by atoms with Gasteiger partial charge in [0.05, 0.1) is 12.2 Å². The van der Waals surface area contributed by atoms with Gasteiger partial charge < -0.3 is 14.8 Å². The molecule has 1 fully saturated rings. The van der Waals surface area contributed by atoms with E-state index in [-0.39, 0.29) is 6.10 Å². The molecule has 1 aliphatic rings. The van der Waals surface area contributed by atoms with Gasteiger partial charge in [0.25, 0.3) is 0 Å². The zero-order chi connectivity index (χ0) is 14.4. The van der Waals surface area contributed by atoms with Crippen molar-refractivity contribution < 1.29 is 9.47 Å². The number of anilines is 1. The van der Waals surface area contributed by atoms with Crippen molar-refractivity contribution in [1.82, 2.24) is 0 Å². The molecule has 3 nitrogen and oxygen atoms in total. The summed E-state index contributed by atoms with van der Waals surface area (Å²) in [5.41, 5.74) is 1.15. The van der Waals surface area contributed by atoms with Crippen LogP contribution in [0.3, 0.4) is 0 Å². The molecule has 112 valence electrons. The molecule has 3 heteroatoms. The Balaban J connectivity index is 1.93. The van der Waals surface area contributed by atoms with Crippen molar-refractivity contribution in [1.29, 1.82) is 0 Å². The normalized spacial score (nSPS) is 24.1. The lowest BCUT2D eigenvalue weighted by Gasteiger charge is -2.29. The molecule has 20 heavy (non-hydrogen) atoms. The molecule has 0 amide bonds. The smallest absolute Gasteiger partial charge is 0.121 e. The van der Waals surface area contributed by atoms with E-state index in [2.05, 4.69) is 37.4 Å². The summed E-state index contributed by atoms with van der Waals surface area (Å²) in [6.45, 7) is 4.24. The quantitative estimate of drug-likeness (QED) is 0.844. The highest BCUT2D eigenvalue weighted by atomic mass is 16.5. The van der Waals surface area contributed by atoms with Crippen LogP contribution in [0.5, 0.6) is 5.75 Å². The number of nitrogens with one attached hydrogen (secondary N) is 1. The summed E-state index contributed by atoms with van der Waals surface area (Å²) in [6.07, 6.45) is 6.42. The number of hydrogen-bond donors (Lipinski definition) is 1. The summed E-state index contributed by atoms with van der Waals surface area (Å²) in [7, 11) is 1.81. The highest BCUT2D eigenvalue weighted by molar-refractivity contribution is 5.49. The molecule has 0 aromatic heterocycles. The number of ether oxygens (including phenoxy) is 2. The Morgan fingerprint density at radius 3 is 2.95 bits per heavy atom. The molecule has 1 aliphatic carbocycles. The molecule has 1 N–H and O–H groups in total. The zero-order valence-corrected chi connectivity index (χ0v) is 12.9. The molecule has 0 radical (unpaired) electrons. The highest BCUT2D eigenvalue weighted by Gasteiger charge is 2.21. The summed E-state index contributed by atoms with van der Waals surface area (Å²) in [5, 5.41) is 3.62. The van der Waals surface area contributed by atoms with Crippen LogP contribution in [-0.4, -0.2) is 25.4 Å². The Kier molecular flexibility index (Phi) is 5.72. The predicted octanol–water partition coefficient (Wildman–Crippen LogP) is 4.23. The third-order valence-electron chi connectivity index (χ3n) is 4.08. The third kappa shape index (κ3) is 4.41. The van der Waals surface area contributed by atoms with Gasteiger partial charge in [0.2, 0.25) is 0 Å². The molecule has 0 aliphatic heterocycles. The lowest BCUT2D eigenvalue weighted by atomic mass is 9.92. The minimum absolute atomic E-state index is 0.262. The first-order valence-corrected chi connectivity index (χ1v) is 7.77. The fourth-order valence-corrected chi connectivity index (χ4v) is 2.70. The van der Waals surface area contributed by atoms with Gasteiger partial charge in [0, 0.05) is 24.9 Å². The zero-order valence-electron chi connectivity index (χ0n) is 12.9. The summed E-state index contributed by atoms with van der Waals surface area (Å²) >= 11 is 0. The summed E-state index contributed by atoms with van der Waals surface area (Å²) in [4.78, 5) is 0. The fourth-order valence-electron chi connectivity index (χ4n) is 2.70. The Morgan fingerprint density at radius 1 is 1.35 bits per heavy atom. The fraction of sp³-hybridized carbons (Fsp3) is 0.647. The number of rotatable bonds is 6. The first-order chi connectivity index (χ1) is 9.71. The van der Waals surface area contributed by atoms with Crippen molar-refractivity contribution in [3.05, 3.63) is 24.3 Å². The second-order valence-corrected chi connectivity index (χ2v) is 5.73. The molecule has 0 heterocycles. The predicted molar refractivity (Wildman–Crippen MR) is 83.5 cm³/mol. The average Bonchev–Trinajstić information content (AvgIpc) is 2.47. The van der Waals surface area contributed by atoms with E-state index in [0.717, 1.165) is 24.3 Å². The second-order valence-electron chi connectivity index (χ2n) is 5.73. The van der Waals surface area contributed by atoms with E-state index in [1.54, 1.807) is 0 Å². The molecule has 2 rings (SSSR count). The van der Waals surface area contributed by atoms with Gasteiger partial charge in [-0.15, -0.1) is 0 Å². The van der Waals surface area contributed by atoms with Crippen LogP contribution < -0.4 is 10.1 Å². The van der Waals surface area contributed by atoms with Gasteiger partial charge in [-0.1, -0.05) is 13.0 Å². The standard InChI is InChI=1S/C17H27NO2/c1-4-13(2)20-17-10-6-8-15(12-17)18-14-7-5-9-16(11-14)19-3/h6,8,10,12-14,16,18H,4-5,7,9,11H2,1-3H3. The second kappa shape index (κ2) is 7.53. The van der Waals surface area contributed by atoms with E-state index in [0.29, 0.717) is 12.1 Å². The Labute approximate surface area is 122 Å². The van der Waals surface area contributed by atoms with E-state index < -0.39 is 0 Å². The van der Waals surface area contributed by atoms with Crippen LogP contribution in [0.15, 0.2) is 24.3 Å². The largest absolute Gasteiger partial charge is 0.491 e. The van der Waals surface area contributed by atoms with Gasteiger partial charge in [-0.3, -0.25) is 0 Å². The SMILES string of the molecule is CCC(C)Oc1cccc(NC2CCCC(OC)C2)c1. The van der Waals surface area contributed by atoms with E-state index in [1.807, 2.05) is 13.2 Å².